The number of fused-ring (bicyclic) bond motifs is 1. The predicted molar refractivity (Wildman–Crippen MR) is 108 cm³/mol. The number of hydrogen-bond donors (Lipinski definition) is 1. The van der Waals surface area contributed by atoms with E-state index in [-0.39, 0.29) is 5.82 Å². The number of anilines is 1. The van der Waals surface area contributed by atoms with Crippen LogP contribution < -0.4 is 5.32 Å². The SMILES string of the molecule is Cc1cc(NC(=O)c2ccccc2C(F)(F)F)n(-c2cc(C)c3ccccc3n2)n1. The first-order valence-corrected chi connectivity index (χ1v) is 9.15. The Bertz CT molecular complexity index is 1260. The highest BCUT2D eigenvalue weighted by atomic mass is 19.4. The van der Waals surface area contributed by atoms with Crippen molar-refractivity contribution in [1.82, 2.24) is 14.8 Å². The number of nitrogens with one attached hydrogen (secondary N) is 1. The molecule has 1 N–H and O–H groups in total. The van der Waals surface area contributed by atoms with Crippen LogP contribution in [0.3, 0.4) is 0 Å². The van der Waals surface area contributed by atoms with Crippen LogP contribution in [0.4, 0.5) is 19.0 Å². The van der Waals surface area contributed by atoms with Gasteiger partial charge in [-0.3, -0.25) is 4.79 Å². The molecule has 4 aromatic rings. The Labute approximate surface area is 170 Å². The van der Waals surface area contributed by atoms with E-state index in [0.29, 0.717) is 11.5 Å². The van der Waals surface area contributed by atoms with Crippen molar-refractivity contribution in [3.63, 3.8) is 0 Å². The van der Waals surface area contributed by atoms with Gasteiger partial charge in [-0.15, -0.1) is 0 Å². The van der Waals surface area contributed by atoms with Crippen LogP contribution in [-0.2, 0) is 6.18 Å². The van der Waals surface area contributed by atoms with E-state index in [1.807, 2.05) is 37.3 Å². The van der Waals surface area contributed by atoms with Gasteiger partial charge in [0.2, 0.25) is 0 Å². The lowest BCUT2D eigenvalue weighted by Gasteiger charge is -2.14. The minimum Gasteiger partial charge on any atom is -0.306 e. The molecule has 0 spiro atoms. The molecular weight excluding hydrogens is 393 g/mol. The zero-order chi connectivity index (χ0) is 21.5. The molecule has 152 valence electrons. The molecule has 5 nitrogen and oxygen atoms in total. The second-order valence-corrected chi connectivity index (χ2v) is 6.89. The summed E-state index contributed by atoms with van der Waals surface area (Å²) in [5, 5.41) is 7.89. The van der Waals surface area contributed by atoms with Gasteiger partial charge in [-0.05, 0) is 43.7 Å². The molecule has 2 heterocycles. The lowest BCUT2D eigenvalue weighted by molar-refractivity contribution is -0.137. The van der Waals surface area contributed by atoms with E-state index in [9.17, 15) is 18.0 Å². The number of alkyl halides is 3. The summed E-state index contributed by atoms with van der Waals surface area (Å²) in [6, 6.07) is 15.6. The van der Waals surface area contributed by atoms with E-state index >= 15 is 0 Å². The van der Waals surface area contributed by atoms with Crippen molar-refractivity contribution in [2.45, 2.75) is 20.0 Å². The first-order chi connectivity index (χ1) is 14.2. The highest BCUT2D eigenvalue weighted by molar-refractivity contribution is 6.05. The summed E-state index contributed by atoms with van der Waals surface area (Å²) in [4.78, 5) is 17.3. The number of nitrogens with zero attached hydrogens (tertiary/aromatic N) is 3. The third-order valence-corrected chi connectivity index (χ3v) is 4.68. The quantitative estimate of drug-likeness (QED) is 0.498. The van der Waals surface area contributed by atoms with Crippen molar-refractivity contribution in [2.75, 3.05) is 5.32 Å². The van der Waals surface area contributed by atoms with E-state index in [1.165, 1.54) is 16.8 Å². The minimum absolute atomic E-state index is 0.233. The summed E-state index contributed by atoms with van der Waals surface area (Å²) in [6.45, 7) is 3.66. The molecule has 0 aliphatic rings. The van der Waals surface area contributed by atoms with Gasteiger partial charge >= 0.3 is 6.18 Å². The smallest absolute Gasteiger partial charge is 0.306 e. The van der Waals surface area contributed by atoms with Gasteiger partial charge in [0, 0.05) is 11.5 Å². The number of rotatable bonds is 3. The fraction of sp³-hybridized carbons (Fsp3) is 0.136. The minimum atomic E-state index is -4.64. The highest BCUT2D eigenvalue weighted by Gasteiger charge is 2.35. The molecule has 0 aliphatic heterocycles. The zero-order valence-corrected chi connectivity index (χ0v) is 16.2. The molecule has 0 saturated carbocycles. The van der Waals surface area contributed by atoms with Crippen molar-refractivity contribution in [2.24, 2.45) is 0 Å². The third-order valence-electron chi connectivity index (χ3n) is 4.68. The first-order valence-electron chi connectivity index (χ1n) is 9.15. The van der Waals surface area contributed by atoms with Crippen LogP contribution in [0, 0.1) is 13.8 Å². The van der Waals surface area contributed by atoms with Crippen molar-refractivity contribution in [3.8, 4) is 5.82 Å². The number of carbonyl (C=O) groups is 1. The molecule has 0 saturated heterocycles. The van der Waals surface area contributed by atoms with Crippen LogP contribution in [0.2, 0.25) is 0 Å². The van der Waals surface area contributed by atoms with E-state index in [0.717, 1.165) is 28.6 Å². The molecule has 30 heavy (non-hydrogen) atoms. The molecule has 2 aromatic heterocycles. The van der Waals surface area contributed by atoms with Crippen molar-refractivity contribution < 1.29 is 18.0 Å². The van der Waals surface area contributed by atoms with Gasteiger partial charge in [0.1, 0.15) is 5.82 Å². The second-order valence-electron chi connectivity index (χ2n) is 6.89. The van der Waals surface area contributed by atoms with E-state index in [1.54, 1.807) is 13.0 Å². The number of carbonyl (C=O) groups excluding carboxylic acids is 1. The van der Waals surface area contributed by atoms with E-state index in [4.69, 9.17) is 0 Å². The van der Waals surface area contributed by atoms with Gasteiger partial charge in [0.15, 0.2) is 5.82 Å². The average molecular weight is 410 g/mol. The maximum absolute atomic E-state index is 13.3. The Morgan fingerprint density at radius 1 is 1.00 bits per heavy atom. The van der Waals surface area contributed by atoms with Gasteiger partial charge in [-0.2, -0.15) is 23.0 Å². The van der Waals surface area contributed by atoms with E-state index in [2.05, 4.69) is 15.4 Å². The molecule has 0 atom stereocenters. The number of amides is 1. The number of para-hydroxylation sites is 1. The van der Waals surface area contributed by atoms with Crippen LogP contribution >= 0.6 is 0 Å². The monoisotopic (exact) mass is 410 g/mol. The lowest BCUT2D eigenvalue weighted by Crippen LogP contribution is -2.20. The van der Waals surface area contributed by atoms with Crippen LogP contribution in [0.15, 0.2) is 60.7 Å². The largest absolute Gasteiger partial charge is 0.417 e. The summed E-state index contributed by atoms with van der Waals surface area (Å²) < 4.78 is 41.3. The molecule has 0 aliphatic carbocycles. The summed E-state index contributed by atoms with van der Waals surface area (Å²) >= 11 is 0. The zero-order valence-electron chi connectivity index (χ0n) is 16.2. The number of aryl methyl sites for hydroxylation is 2. The number of aromatic nitrogens is 3. The maximum Gasteiger partial charge on any atom is 0.417 e. The first kappa shape index (κ1) is 19.6. The summed E-state index contributed by atoms with van der Waals surface area (Å²) in [5.74, 6) is -0.183. The molecule has 0 unspecified atom stereocenters. The Kier molecular flexibility index (Phi) is 4.77. The van der Waals surface area contributed by atoms with Crippen LogP contribution in [0.5, 0.6) is 0 Å². The van der Waals surface area contributed by atoms with E-state index < -0.39 is 23.2 Å². The third kappa shape index (κ3) is 3.63. The summed E-state index contributed by atoms with van der Waals surface area (Å²) in [7, 11) is 0. The Morgan fingerprint density at radius 2 is 1.70 bits per heavy atom. The highest BCUT2D eigenvalue weighted by Crippen LogP contribution is 2.32. The molecule has 2 aromatic carbocycles. The Morgan fingerprint density at radius 3 is 2.47 bits per heavy atom. The average Bonchev–Trinajstić information content (AvgIpc) is 3.07. The topological polar surface area (TPSA) is 59.8 Å². The summed E-state index contributed by atoms with van der Waals surface area (Å²) in [5.41, 5.74) is 0.842. The van der Waals surface area contributed by atoms with Crippen molar-refractivity contribution >= 4 is 22.6 Å². The van der Waals surface area contributed by atoms with Gasteiger partial charge in [0.25, 0.3) is 5.91 Å². The predicted octanol–water partition coefficient (Wildman–Crippen LogP) is 5.31. The Balaban J connectivity index is 1.75. The fourth-order valence-corrected chi connectivity index (χ4v) is 3.32. The Hall–Kier alpha value is -3.68. The molecular formula is C22H17F3N4O. The number of benzene rings is 2. The number of halogens is 3. The lowest BCUT2D eigenvalue weighted by atomic mass is 10.1. The normalized spacial score (nSPS) is 11.6. The van der Waals surface area contributed by atoms with Gasteiger partial charge < -0.3 is 5.32 Å². The molecule has 0 fully saturated rings. The van der Waals surface area contributed by atoms with Gasteiger partial charge in [0.05, 0.1) is 22.3 Å². The molecule has 8 heteroatoms. The second kappa shape index (κ2) is 7.29. The van der Waals surface area contributed by atoms with Crippen LogP contribution in [0.25, 0.3) is 16.7 Å². The molecule has 1 amide bonds. The molecule has 4 rings (SSSR count). The van der Waals surface area contributed by atoms with Crippen LogP contribution in [-0.4, -0.2) is 20.7 Å². The van der Waals surface area contributed by atoms with Crippen molar-refractivity contribution in [3.05, 3.63) is 83.0 Å². The van der Waals surface area contributed by atoms with Crippen molar-refractivity contribution in [1.29, 1.82) is 0 Å². The van der Waals surface area contributed by atoms with Gasteiger partial charge in [-0.25, -0.2) is 4.98 Å². The number of hydrogen-bond acceptors (Lipinski definition) is 3. The standard InChI is InChI=1S/C22H17F3N4O/c1-13-11-19(26-18-10-6-4-7-15(13)18)29-20(12-14(2)28-29)27-21(30)16-8-3-5-9-17(16)22(23,24)25/h3-12H,1-2H3,(H,27,30). The summed E-state index contributed by atoms with van der Waals surface area (Å²) in [6.07, 6.45) is -4.64. The molecule has 0 bridgehead atoms. The van der Waals surface area contributed by atoms with Gasteiger partial charge in [-0.1, -0.05) is 30.3 Å². The number of pyridine rings is 1. The van der Waals surface area contributed by atoms with Crippen LogP contribution in [0.1, 0.15) is 27.2 Å². The molecule has 0 radical (unpaired) electrons. The fourth-order valence-electron chi connectivity index (χ4n) is 3.32. The maximum atomic E-state index is 13.3.